The summed E-state index contributed by atoms with van der Waals surface area (Å²) < 4.78 is 10.8. The second kappa shape index (κ2) is 10.8. The highest BCUT2D eigenvalue weighted by Crippen LogP contribution is 2.15. The van der Waals surface area contributed by atoms with E-state index in [0.717, 1.165) is 5.69 Å². The predicted octanol–water partition coefficient (Wildman–Crippen LogP) is 2.17. The molecular weight excluding hydrogens is 384 g/mol. The monoisotopic (exact) mass is 412 g/mol. The summed E-state index contributed by atoms with van der Waals surface area (Å²) in [7, 11) is 3.84. The van der Waals surface area contributed by atoms with Gasteiger partial charge in [-0.3, -0.25) is 15.0 Å². The Kier molecular flexibility index (Phi) is 8.22. The standard InChI is InChI=1S/C22H28N4O4/c1-4-29-20(27)13-17(14-30-19-7-5-6-16(12-19)21(23)24)25-22(28)15-8-10-18(11-9-15)26(2)3/h5-12,17H,4,13-14H2,1-3H3,(H3,23,24)(H,25,28)/t17-/m1/s1. The van der Waals surface area contributed by atoms with Crippen molar-refractivity contribution in [2.45, 2.75) is 19.4 Å². The molecule has 1 atom stereocenters. The third-order valence-electron chi connectivity index (χ3n) is 4.30. The number of hydrogen-bond donors (Lipinski definition) is 3. The second-order valence-electron chi connectivity index (χ2n) is 6.87. The van der Waals surface area contributed by atoms with Gasteiger partial charge in [-0.05, 0) is 43.3 Å². The summed E-state index contributed by atoms with van der Waals surface area (Å²) in [6.45, 7) is 2.04. The average Bonchev–Trinajstić information content (AvgIpc) is 2.72. The van der Waals surface area contributed by atoms with Gasteiger partial charge in [-0.15, -0.1) is 0 Å². The molecule has 160 valence electrons. The van der Waals surface area contributed by atoms with Crippen LogP contribution in [0.5, 0.6) is 5.75 Å². The van der Waals surface area contributed by atoms with Gasteiger partial charge in [0, 0.05) is 30.9 Å². The highest BCUT2D eigenvalue weighted by atomic mass is 16.5. The number of rotatable bonds is 10. The summed E-state index contributed by atoms with van der Waals surface area (Å²) in [5, 5.41) is 10.4. The quantitative estimate of drug-likeness (QED) is 0.313. The van der Waals surface area contributed by atoms with E-state index in [1.807, 2.05) is 31.1 Å². The number of ether oxygens (including phenoxy) is 2. The first-order chi connectivity index (χ1) is 14.3. The highest BCUT2D eigenvalue weighted by Gasteiger charge is 2.19. The number of amides is 1. The number of hydrogen-bond acceptors (Lipinski definition) is 6. The first kappa shape index (κ1) is 22.7. The summed E-state index contributed by atoms with van der Waals surface area (Å²) in [5.74, 6) is -0.318. The van der Waals surface area contributed by atoms with Gasteiger partial charge in [-0.2, -0.15) is 0 Å². The third-order valence-corrected chi connectivity index (χ3v) is 4.30. The van der Waals surface area contributed by atoms with E-state index in [2.05, 4.69) is 5.32 Å². The van der Waals surface area contributed by atoms with Crippen LogP contribution >= 0.6 is 0 Å². The smallest absolute Gasteiger partial charge is 0.307 e. The number of nitrogen functional groups attached to an aromatic ring is 1. The van der Waals surface area contributed by atoms with Crippen LogP contribution in [0.3, 0.4) is 0 Å². The molecule has 0 bridgehead atoms. The van der Waals surface area contributed by atoms with Gasteiger partial charge in [0.1, 0.15) is 18.2 Å². The zero-order chi connectivity index (χ0) is 22.1. The Morgan fingerprint density at radius 2 is 1.83 bits per heavy atom. The molecule has 0 aliphatic carbocycles. The van der Waals surface area contributed by atoms with E-state index in [9.17, 15) is 9.59 Å². The Hall–Kier alpha value is -3.55. The van der Waals surface area contributed by atoms with E-state index in [1.54, 1.807) is 43.3 Å². The number of esters is 1. The molecule has 2 aromatic carbocycles. The van der Waals surface area contributed by atoms with E-state index < -0.39 is 12.0 Å². The van der Waals surface area contributed by atoms with Crippen LogP contribution in [0.2, 0.25) is 0 Å². The topological polar surface area (TPSA) is 118 Å². The summed E-state index contributed by atoms with van der Waals surface area (Å²) in [5.41, 5.74) is 7.49. The second-order valence-corrected chi connectivity index (χ2v) is 6.87. The van der Waals surface area contributed by atoms with Crippen molar-refractivity contribution in [3.63, 3.8) is 0 Å². The lowest BCUT2D eigenvalue weighted by Gasteiger charge is -2.19. The van der Waals surface area contributed by atoms with Crippen LogP contribution in [-0.4, -0.2) is 51.1 Å². The van der Waals surface area contributed by atoms with Crippen LogP contribution < -0.4 is 20.7 Å². The normalized spacial score (nSPS) is 11.3. The molecule has 8 nitrogen and oxygen atoms in total. The molecule has 8 heteroatoms. The SMILES string of the molecule is CCOC(=O)C[C@H](COc1cccc(C(=N)N)c1)NC(=O)c1ccc(N(C)C)cc1. The summed E-state index contributed by atoms with van der Waals surface area (Å²) in [6.07, 6.45) is -0.0260. The molecule has 30 heavy (non-hydrogen) atoms. The molecule has 0 heterocycles. The van der Waals surface area contributed by atoms with E-state index in [0.29, 0.717) is 16.9 Å². The van der Waals surface area contributed by atoms with Crippen LogP contribution in [0.4, 0.5) is 5.69 Å². The predicted molar refractivity (Wildman–Crippen MR) is 116 cm³/mol. The minimum Gasteiger partial charge on any atom is -0.491 e. The number of nitrogens with zero attached hydrogens (tertiary/aromatic N) is 1. The molecule has 0 radical (unpaired) electrons. The minimum absolute atomic E-state index is 0.0260. The van der Waals surface area contributed by atoms with Crippen molar-refractivity contribution in [3.05, 3.63) is 59.7 Å². The van der Waals surface area contributed by atoms with Crippen molar-refractivity contribution in [2.75, 3.05) is 32.2 Å². The zero-order valence-electron chi connectivity index (χ0n) is 17.5. The van der Waals surface area contributed by atoms with Crippen LogP contribution in [0.25, 0.3) is 0 Å². The van der Waals surface area contributed by atoms with E-state index in [-0.39, 0.29) is 31.4 Å². The van der Waals surface area contributed by atoms with Gasteiger partial charge >= 0.3 is 5.97 Å². The zero-order valence-corrected chi connectivity index (χ0v) is 17.5. The van der Waals surface area contributed by atoms with Crippen molar-refractivity contribution in [3.8, 4) is 5.75 Å². The molecule has 2 rings (SSSR count). The van der Waals surface area contributed by atoms with Crippen molar-refractivity contribution >= 4 is 23.4 Å². The number of nitrogens with one attached hydrogen (secondary N) is 2. The van der Waals surface area contributed by atoms with Crippen LogP contribution in [-0.2, 0) is 9.53 Å². The molecule has 0 fully saturated rings. The number of benzene rings is 2. The first-order valence-corrected chi connectivity index (χ1v) is 9.61. The molecule has 0 aliphatic rings. The maximum absolute atomic E-state index is 12.7. The van der Waals surface area contributed by atoms with Crippen molar-refractivity contribution < 1.29 is 19.1 Å². The van der Waals surface area contributed by atoms with Crippen molar-refractivity contribution in [1.29, 1.82) is 5.41 Å². The fourth-order valence-corrected chi connectivity index (χ4v) is 2.70. The van der Waals surface area contributed by atoms with E-state index >= 15 is 0 Å². The van der Waals surface area contributed by atoms with Gasteiger partial charge in [0.25, 0.3) is 5.91 Å². The van der Waals surface area contributed by atoms with Gasteiger partial charge in [-0.1, -0.05) is 12.1 Å². The van der Waals surface area contributed by atoms with Gasteiger partial charge < -0.3 is 25.4 Å². The Labute approximate surface area is 176 Å². The largest absolute Gasteiger partial charge is 0.491 e. The average molecular weight is 412 g/mol. The number of amidine groups is 1. The fourth-order valence-electron chi connectivity index (χ4n) is 2.70. The third kappa shape index (κ3) is 6.80. The molecule has 0 aromatic heterocycles. The highest BCUT2D eigenvalue weighted by molar-refractivity contribution is 5.95. The first-order valence-electron chi connectivity index (χ1n) is 9.61. The van der Waals surface area contributed by atoms with Gasteiger partial charge in [-0.25, -0.2) is 0 Å². The Morgan fingerprint density at radius 1 is 1.13 bits per heavy atom. The van der Waals surface area contributed by atoms with E-state index in [1.165, 1.54) is 0 Å². The molecule has 2 aromatic rings. The molecule has 1 amide bonds. The lowest BCUT2D eigenvalue weighted by molar-refractivity contribution is -0.143. The Morgan fingerprint density at radius 3 is 2.43 bits per heavy atom. The van der Waals surface area contributed by atoms with Gasteiger partial charge in [0.15, 0.2) is 0 Å². The molecule has 0 aliphatic heterocycles. The lowest BCUT2D eigenvalue weighted by Crippen LogP contribution is -2.41. The molecule has 0 spiro atoms. The minimum atomic E-state index is -0.592. The fraction of sp³-hybridized carbons (Fsp3) is 0.318. The molecule has 0 saturated heterocycles. The van der Waals surface area contributed by atoms with Crippen molar-refractivity contribution in [1.82, 2.24) is 5.32 Å². The molecule has 0 saturated carbocycles. The Bertz CT molecular complexity index is 881. The van der Waals surface area contributed by atoms with Crippen LogP contribution in [0, 0.1) is 5.41 Å². The summed E-state index contributed by atoms with van der Waals surface area (Å²) >= 11 is 0. The van der Waals surface area contributed by atoms with E-state index in [4.69, 9.17) is 20.6 Å². The number of nitrogens with two attached hydrogens (primary N) is 1. The van der Waals surface area contributed by atoms with Crippen LogP contribution in [0.15, 0.2) is 48.5 Å². The number of anilines is 1. The lowest BCUT2D eigenvalue weighted by atomic mass is 10.1. The van der Waals surface area contributed by atoms with Gasteiger partial charge in [0.05, 0.1) is 19.1 Å². The summed E-state index contributed by atoms with van der Waals surface area (Å²) in [4.78, 5) is 26.6. The Balaban J connectivity index is 2.08. The molecule has 4 N–H and O–H groups in total. The molecule has 0 unspecified atom stereocenters. The van der Waals surface area contributed by atoms with Crippen molar-refractivity contribution in [2.24, 2.45) is 5.73 Å². The maximum Gasteiger partial charge on any atom is 0.307 e. The molecular formula is C22H28N4O4. The van der Waals surface area contributed by atoms with Gasteiger partial charge in [0.2, 0.25) is 0 Å². The van der Waals surface area contributed by atoms with Crippen LogP contribution in [0.1, 0.15) is 29.3 Å². The maximum atomic E-state index is 12.7. The number of carbonyl (C=O) groups excluding carboxylic acids is 2. The summed E-state index contributed by atoms with van der Waals surface area (Å²) in [6, 6.07) is 13.3. The number of carbonyl (C=O) groups is 2.